The normalized spacial score (nSPS) is 11.9. The molecule has 0 atom stereocenters. The lowest BCUT2D eigenvalue weighted by molar-refractivity contribution is 0.328. The van der Waals surface area contributed by atoms with Gasteiger partial charge in [-0.05, 0) is 39.1 Å². The highest BCUT2D eigenvalue weighted by Gasteiger charge is 2.24. The molecule has 1 nitrogen and oxygen atoms in total. The van der Waals surface area contributed by atoms with Crippen molar-refractivity contribution in [3.8, 4) is 0 Å². The van der Waals surface area contributed by atoms with Crippen molar-refractivity contribution in [3.63, 3.8) is 0 Å². The van der Waals surface area contributed by atoms with E-state index in [0.717, 1.165) is 43.5 Å². The third kappa shape index (κ3) is 8.35. The number of thioether (sulfide) groups is 1. The van der Waals surface area contributed by atoms with Gasteiger partial charge in [-0.3, -0.25) is 0 Å². The molecule has 5 rings (SSSR count). The van der Waals surface area contributed by atoms with Crippen molar-refractivity contribution in [2.75, 3.05) is 37.7 Å². The van der Waals surface area contributed by atoms with Crippen molar-refractivity contribution in [1.82, 2.24) is 4.90 Å². The lowest BCUT2D eigenvalue weighted by Gasteiger charge is -2.32. The van der Waals surface area contributed by atoms with Gasteiger partial charge in [0.25, 0.3) is 0 Å². The van der Waals surface area contributed by atoms with E-state index in [4.69, 9.17) is 12.6 Å². The summed E-state index contributed by atoms with van der Waals surface area (Å²) < 4.78 is 0. The van der Waals surface area contributed by atoms with Gasteiger partial charge < -0.3 is 4.90 Å². The van der Waals surface area contributed by atoms with E-state index in [1.54, 1.807) is 0 Å². The topological polar surface area (TPSA) is 3.24 Å². The van der Waals surface area contributed by atoms with Crippen LogP contribution in [0.5, 0.6) is 0 Å². The SMILES string of the molecule is C=P(CCN(CCSCc1ccccc1)CCP(=C)(c1ccccc1)c1ccccc1)(c1ccccc1)c1ccccc1. The molecule has 0 saturated heterocycles. The van der Waals surface area contributed by atoms with Gasteiger partial charge in [0.1, 0.15) is 0 Å². The highest BCUT2D eigenvalue weighted by Crippen LogP contribution is 2.44. The number of hydrogen-bond acceptors (Lipinski definition) is 2. The molecule has 5 aromatic rings. The van der Waals surface area contributed by atoms with E-state index in [2.05, 4.69) is 157 Å². The Balaban J connectivity index is 1.37. The smallest absolute Gasteiger partial charge is 0.0185 e. The Morgan fingerprint density at radius 2 is 0.767 bits per heavy atom. The molecule has 0 aliphatic heterocycles. The van der Waals surface area contributed by atoms with Crippen molar-refractivity contribution >= 4 is 59.4 Å². The summed E-state index contributed by atoms with van der Waals surface area (Å²) in [5.41, 5.74) is 1.39. The first-order valence-electron chi connectivity index (χ1n) is 15.1. The molecule has 0 amide bonds. The third-order valence-electron chi connectivity index (χ3n) is 8.26. The van der Waals surface area contributed by atoms with Crippen LogP contribution in [0.4, 0.5) is 0 Å². The average Bonchev–Trinajstić information content (AvgIpc) is 3.09. The van der Waals surface area contributed by atoms with Crippen molar-refractivity contribution < 1.29 is 0 Å². The Kier molecular flexibility index (Phi) is 11.4. The van der Waals surface area contributed by atoms with E-state index in [-0.39, 0.29) is 0 Å². The summed E-state index contributed by atoms with van der Waals surface area (Å²) >= 11 is 2.03. The monoisotopic (exact) mass is 619 g/mol. The Labute approximate surface area is 264 Å². The van der Waals surface area contributed by atoms with Gasteiger partial charge in [-0.15, -0.1) is 0 Å². The molecule has 0 aromatic heterocycles. The van der Waals surface area contributed by atoms with Crippen molar-refractivity contribution in [2.45, 2.75) is 5.75 Å². The Bertz CT molecular complexity index is 1420. The van der Waals surface area contributed by atoms with Gasteiger partial charge in [0.2, 0.25) is 0 Å². The van der Waals surface area contributed by atoms with Gasteiger partial charge in [-0.25, -0.2) is 0 Å². The second-order valence-electron chi connectivity index (χ2n) is 11.1. The van der Waals surface area contributed by atoms with E-state index < -0.39 is 13.8 Å². The molecule has 4 heteroatoms. The molecular formula is C39H43NP2S. The van der Waals surface area contributed by atoms with Gasteiger partial charge >= 0.3 is 0 Å². The first-order valence-corrected chi connectivity index (χ1v) is 20.6. The first kappa shape index (κ1) is 31.4. The zero-order valence-electron chi connectivity index (χ0n) is 25.0. The number of hydrogen-bond donors (Lipinski definition) is 0. The van der Waals surface area contributed by atoms with Crippen molar-refractivity contribution in [1.29, 1.82) is 0 Å². The van der Waals surface area contributed by atoms with Crippen LogP contribution >= 0.6 is 25.5 Å². The lowest BCUT2D eigenvalue weighted by Crippen LogP contribution is -2.35. The Morgan fingerprint density at radius 1 is 0.442 bits per heavy atom. The maximum absolute atomic E-state index is 5.00. The minimum Gasteiger partial charge on any atom is -0.302 e. The Morgan fingerprint density at radius 3 is 1.12 bits per heavy atom. The van der Waals surface area contributed by atoms with Crippen LogP contribution in [0.15, 0.2) is 152 Å². The quantitative estimate of drug-likeness (QED) is 0.0887. The molecule has 0 saturated carbocycles. The molecule has 0 heterocycles. The van der Waals surface area contributed by atoms with Crippen LogP contribution in [0.25, 0.3) is 0 Å². The van der Waals surface area contributed by atoms with E-state index in [1.807, 2.05) is 11.8 Å². The largest absolute Gasteiger partial charge is 0.302 e. The zero-order chi connectivity index (χ0) is 29.8. The van der Waals surface area contributed by atoms with E-state index in [9.17, 15) is 0 Å². The predicted octanol–water partition coefficient (Wildman–Crippen LogP) is 7.42. The summed E-state index contributed by atoms with van der Waals surface area (Å²) in [6.45, 7) is -0.492. The van der Waals surface area contributed by atoms with Crippen LogP contribution in [0, 0.1) is 0 Å². The van der Waals surface area contributed by atoms with Crippen molar-refractivity contribution in [3.05, 3.63) is 157 Å². The van der Waals surface area contributed by atoms with E-state index >= 15 is 0 Å². The van der Waals surface area contributed by atoms with Crippen LogP contribution in [0.1, 0.15) is 5.56 Å². The molecule has 5 aromatic carbocycles. The molecule has 0 fully saturated rings. The fourth-order valence-corrected chi connectivity index (χ4v) is 12.4. The second kappa shape index (κ2) is 15.7. The number of benzene rings is 5. The minimum absolute atomic E-state index is 1.02. The Hall–Kier alpha value is -2.99. The molecule has 0 N–H and O–H groups in total. The fraction of sp³-hybridized carbons (Fsp3) is 0.179. The van der Waals surface area contributed by atoms with Crippen LogP contribution < -0.4 is 21.2 Å². The molecule has 220 valence electrons. The maximum Gasteiger partial charge on any atom is 0.0185 e. The van der Waals surface area contributed by atoms with Crippen LogP contribution in [0.3, 0.4) is 0 Å². The highest BCUT2D eigenvalue weighted by atomic mass is 32.2. The minimum atomic E-state index is -1.80. The van der Waals surface area contributed by atoms with Crippen molar-refractivity contribution in [2.24, 2.45) is 0 Å². The summed E-state index contributed by atoms with van der Waals surface area (Å²) in [6.07, 6.45) is 12.1. The first-order chi connectivity index (χ1) is 21.1. The van der Waals surface area contributed by atoms with E-state index in [0.29, 0.717) is 0 Å². The highest BCUT2D eigenvalue weighted by molar-refractivity contribution is 7.98. The molecule has 43 heavy (non-hydrogen) atoms. The molecule has 0 unspecified atom stereocenters. The number of nitrogens with zero attached hydrogens (tertiary/aromatic N) is 1. The molecule has 0 aliphatic rings. The van der Waals surface area contributed by atoms with Crippen LogP contribution in [-0.2, 0) is 5.75 Å². The van der Waals surface area contributed by atoms with Gasteiger partial charge in [0.05, 0.1) is 0 Å². The molecule has 0 radical (unpaired) electrons. The molecule has 0 spiro atoms. The zero-order valence-corrected chi connectivity index (χ0v) is 27.7. The van der Waals surface area contributed by atoms with Gasteiger partial charge in [-0.1, -0.05) is 178 Å². The summed E-state index contributed by atoms with van der Waals surface area (Å²) in [6, 6.07) is 54.8. The summed E-state index contributed by atoms with van der Waals surface area (Å²) in [5.74, 6) is 2.16. The molecule has 0 aliphatic carbocycles. The van der Waals surface area contributed by atoms with Gasteiger partial charge in [0, 0.05) is 31.1 Å². The fourth-order valence-electron chi connectivity index (χ4n) is 5.59. The lowest BCUT2D eigenvalue weighted by atomic mass is 10.2. The second-order valence-corrected chi connectivity index (χ2v) is 19.0. The molecular weight excluding hydrogens is 576 g/mol. The molecule has 0 bridgehead atoms. The van der Waals surface area contributed by atoms with Gasteiger partial charge in [-0.2, -0.15) is 11.8 Å². The van der Waals surface area contributed by atoms with Crippen LogP contribution in [-0.4, -0.2) is 55.2 Å². The standard InChI is InChI=1S/C39H43NP2S/c1-41(36-20-10-4-11-21-36,37-22-12-5-13-23-37)31-28-40(30-33-43-34-35-18-8-3-9-19-35)29-32-42(2,38-24-14-6-15-25-38)39-26-16-7-17-27-39/h3-27H,1-2,28-34H2. The average molecular weight is 620 g/mol. The van der Waals surface area contributed by atoms with Crippen LogP contribution in [0.2, 0.25) is 0 Å². The number of rotatable bonds is 15. The third-order valence-corrected chi connectivity index (χ3v) is 16.3. The van der Waals surface area contributed by atoms with E-state index in [1.165, 1.54) is 26.8 Å². The summed E-state index contributed by atoms with van der Waals surface area (Å²) in [7, 11) is 0. The summed E-state index contributed by atoms with van der Waals surface area (Å²) in [4.78, 5) is 2.70. The maximum atomic E-state index is 5.00. The van der Waals surface area contributed by atoms with Gasteiger partial charge in [0.15, 0.2) is 0 Å². The predicted molar refractivity (Wildman–Crippen MR) is 201 cm³/mol. The summed E-state index contributed by atoms with van der Waals surface area (Å²) in [5, 5.41) is 5.53.